The molecule has 148 valence electrons. The number of para-hydroxylation sites is 1. The molecule has 3 N–H and O–H groups in total. The van der Waals surface area contributed by atoms with Crippen LogP contribution in [-0.2, 0) is 23.1 Å². The Morgan fingerprint density at radius 1 is 1.04 bits per heavy atom. The first-order valence-corrected chi connectivity index (χ1v) is 10.1. The summed E-state index contributed by atoms with van der Waals surface area (Å²) < 4.78 is 39.2. The molecule has 0 heterocycles. The third kappa shape index (κ3) is 8.12. The van der Waals surface area contributed by atoms with Crippen LogP contribution >= 0.6 is 24.0 Å². The van der Waals surface area contributed by atoms with E-state index in [0.29, 0.717) is 30.3 Å². The summed E-state index contributed by atoms with van der Waals surface area (Å²) in [5.74, 6) is 0.239. The van der Waals surface area contributed by atoms with Crippen LogP contribution in [0.15, 0.2) is 53.5 Å². The van der Waals surface area contributed by atoms with Gasteiger partial charge in [-0.05, 0) is 24.6 Å². The van der Waals surface area contributed by atoms with Crippen molar-refractivity contribution in [3.05, 3.63) is 65.5 Å². The second-order valence-corrected chi connectivity index (χ2v) is 7.42. The van der Waals surface area contributed by atoms with E-state index in [0.717, 1.165) is 11.8 Å². The number of aliphatic imine (C=N–C) groups is 1. The topological polar surface area (TPSA) is 82.6 Å². The largest absolute Gasteiger partial charge is 0.357 e. The maximum atomic E-state index is 13.7. The predicted octanol–water partition coefficient (Wildman–Crippen LogP) is 3.07. The van der Waals surface area contributed by atoms with Crippen LogP contribution in [0.4, 0.5) is 10.1 Å². The molecule has 0 radical (unpaired) electrons. The Bertz CT molecular complexity index is 875. The molecule has 0 amide bonds. The SMILES string of the molecule is CCNC(=NCc1ccccc1NS(C)(=O)=O)NCc1ccccc1F.I. The summed E-state index contributed by atoms with van der Waals surface area (Å²) in [5, 5.41) is 6.16. The molecular formula is C18H24FIN4O2S. The molecule has 0 saturated heterocycles. The first-order chi connectivity index (χ1) is 12.4. The van der Waals surface area contributed by atoms with Crippen LogP contribution in [0.2, 0.25) is 0 Å². The van der Waals surface area contributed by atoms with Crippen LogP contribution < -0.4 is 15.4 Å². The number of hydrogen-bond acceptors (Lipinski definition) is 3. The first-order valence-electron chi connectivity index (χ1n) is 8.20. The van der Waals surface area contributed by atoms with Crippen LogP contribution in [0, 0.1) is 5.82 Å². The van der Waals surface area contributed by atoms with Crippen molar-refractivity contribution in [2.75, 3.05) is 17.5 Å². The average molecular weight is 506 g/mol. The highest BCUT2D eigenvalue weighted by atomic mass is 127. The second-order valence-electron chi connectivity index (χ2n) is 5.67. The van der Waals surface area contributed by atoms with Crippen molar-refractivity contribution in [3.8, 4) is 0 Å². The lowest BCUT2D eigenvalue weighted by atomic mass is 10.2. The minimum absolute atomic E-state index is 0. The van der Waals surface area contributed by atoms with Crippen molar-refractivity contribution >= 4 is 45.6 Å². The number of sulfonamides is 1. The van der Waals surface area contributed by atoms with Crippen LogP contribution in [0.1, 0.15) is 18.1 Å². The predicted molar refractivity (Wildman–Crippen MR) is 118 cm³/mol. The number of halogens is 2. The van der Waals surface area contributed by atoms with E-state index in [-0.39, 0.29) is 36.3 Å². The van der Waals surface area contributed by atoms with E-state index < -0.39 is 10.0 Å². The van der Waals surface area contributed by atoms with Crippen LogP contribution in [-0.4, -0.2) is 27.2 Å². The highest BCUT2D eigenvalue weighted by Crippen LogP contribution is 2.17. The van der Waals surface area contributed by atoms with Crippen molar-refractivity contribution in [1.82, 2.24) is 10.6 Å². The highest BCUT2D eigenvalue weighted by molar-refractivity contribution is 14.0. The standard InChI is InChI=1S/C18H23FN4O2S.HI/c1-3-20-18(21-12-14-8-4-6-10-16(14)19)22-13-15-9-5-7-11-17(15)23-26(2,24)25;/h4-11,23H,3,12-13H2,1-2H3,(H2,20,21,22);1H. The van der Waals surface area contributed by atoms with Gasteiger partial charge >= 0.3 is 0 Å². The lowest BCUT2D eigenvalue weighted by Gasteiger charge is -2.13. The van der Waals surface area contributed by atoms with Gasteiger partial charge < -0.3 is 10.6 Å². The molecule has 2 aromatic carbocycles. The van der Waals surface area contributed by atoms with E-state index in [2.05, 4.69) is 20.3 Å². The molecule has 27 heavy (non-hydrogen) atoms. The molecular weight excluding hydrogens is 482 g/mol. The van der Waals surface area contributed by atoms with E-state index in [4.69, 9.17) is 0 Å². The number of nitrogens with zero attached hydrogens (tertiary/aromatic N) is 1. The summed E-state index contributed by atoms with van der Waals surface area (Å²) in [6.07, 6.45) is 1.10. The third-order valence-corrected chi connectivity index (χ3v) is 4.06. The summed E-state index contributed by atoms with van der Waals surface area (Å²) >= 11 is 0. The summed E-state index contributed by atoms with van der Waals surface area (Å²) in [5.41, 5.74) is 1.77. The Labute approximate surface area is 176 Å². The summed E-state index contributed by atoms with van der Waals surface area (Å²) in [7, 11) is -3.37. The molecule has 0 aliphatic carbocycles. The Kier molecular flexibility index (Phi) is 9.50. The van der Waals surface area contributed by atoms with Crippen LogP contribution in [0.5, 0.6) is 0 Å². The smallest absolute Gasteiger partial charge is 0.229 e. The normalized spacial score (nSPS) is 11.4. The van der Waals surface area contributed by atoms with Gasteiger partial charge in [-0.3, -0.25) is 4.72 Å². The Balaban J connectivity index is 0.00000364. The molecule has 0 bridgehead atoms. The zero-order valence-electron chi connectivity index (χ0n) is 15.2. The van der Waals surface area contributed by atoms with Gasteiger partial charge in [0.25, 0.3) is 0 Å². The number of benzene rings is 2. The molecule has 2 aromatic rings. The molecule has 6 nitrogen and oxygen atoms in total. The fraction of sp³-hybridized carbons (Fsp3) is 0.278. The Hall–Kier alpha value is -1.88. The van der Waals surface area contributed by atoms with Gasteiger partial charge in [-0.2, -0.15) is 0 Å². The molecule has 0 unspecified atom stereocenters. The second kappa shape index (κ2) is 11.1. The lowest BCUT2D eigenvalue weighted by molar-refractivity contribution is 0.604. The summed E-state index contributed by atoms with van der Waals surface area (Å²) in [4.78, 5) is 4.46. The Morgan fingerprint density at radius 3 is 2.30 bits per heavy atom. The summed E-state index contributed by atoms with van der Waals surface area (Å²) in [6, 6.07) is 13.6. The van der Waals surface area contributed by atoms with Gasteiger partial charge in [0, 0.05) is 18.7 Å². The quantitative estimate of drug-likeness (QED) is 0.306. The summed E-state index contributed by atoms with van der Waals surface area (Å²) in [6.45, 7) is 3.14. The number of anilines is 1. The van der Waals surface area contributed by atoms with E-state index in [1.807, 2.05) is 13.0 Å². The van der Waals surface area contributed by atoms with E-state index >= 15 is 0 Å². The van der Waals surface area contributed by atoms with Gasteiger partial charge in [-0.1, -0.05) is 36.4 Å². The van der Waals surface area contributed by atoms with Crippen molar-refractivity contribution in [2.24, 2.45) is 4.99 Å². The highest BCUT2D eigenvalue weighted by Gasteiger charge is 2.07. The first kappa shape index (κ1) is 23.2. The van der Waals surface area contributed by atoms with E-state index in [9.17, 15) is 12.8 Å². The molecule has 0 aliphatic heterocycles. The van der Waals surface area contributed by atoms with Crippen molar-refractivity contribution in [2.45, 2.75) is 20.0 Å². The number of nitrogens with one attached hydrogen (secondary N) is 3. The molecule has 0 fully saturated rings. The van der Waals surface area contributed by atoms with E-state index in [1.54, 1.807) is 36.4 Å². The molecule has 2 rings (SSSR count). The maximum absolute atomic E-state index is 13.7. The zero-order chi connectivity index (χ0) is 19.0. The molecule has 9 heteroatoms. The lowest BCUT2D eigenvalue weighted by Crippen LogP contribution is -2.37. The van der Waals surface area contributed by atoms with Crippen molar-refractivity contribution in [1.29, 1.82) is 0 Å². The minimum Gasteiger partial charge on any atom is -0.357 e. The van der Waals surface area contributed by atoms with Gasteiger partial charge in [0.05, 0.1) is 18.5 Å². The van der Waals surface area contributed by atoms with Crippen molar-refractivity contribution < 1.29 is 12.8 Å². The zero-order valence-corrected chi connectivity index (χ0v) is 18.3. The molecule has 0 atom stereocenters. The van der Waals surface area contributed by atoms with Gasteiger partial charge in [0.2, 0.25) is 10.0 Å². The van der Waals surface area contributed by atoms with Gasteiger partial charge in [-0.25, -0.2) is 17.8 Å². The molecule has 0 spiro atoms. The number of rotatable bonds is 7. The number of hydrogen-bond donors (Lipinski definition) is 3. The van der Waals surface area contributed by atoms with Crippen LogP contribution in [0.3, 0.4) is 0 Å². The molecule has 0 saturated carbocycles. The fourth-order valence-corrected chi connectivity index (χ4v) is 2.88. The molecule has 0 aromatic heterocycles. The third-order valence-electron chi connectivity index (χ3n) is 3.47. The fourth-order valence-electron chi connectivity index (χ4n) is 2.28. The molecule has 0 aliphatic rings. The van der Waals surface area contributed by atoms with Gasteiger partial charge in [0.1, 0.15) is 5.82 Å². The van der Waals surface area contributed by atoms with Crippen molar-refractivity contribution in [3.63, 3.8) is 0 Å². The van der Waals surface area contributed by atoms with Gasteiger partial charge in [0.15, 0.2) is 5.96 Å². The minimum atomic E-state index is -3.37. The number of guanidine groups is 1. The van der Waals surface area contributed by atoms with E-state index in [1.165, 1.54) is 6.07 Å². The average Bonchev–Trinajstić information content (AvgIpc) is 2.58. The van der Waals surface area contributed by atoms with Crippen LogP contribution in [0.25, 0.3) is 0 Å². The van der Waals surface area contributed by atoms with Gasteiger partial charge in [-0.15, -0.1) is 24.0 Å². The maximum Gasteiger partial charge on any atom is 0.229 e. The monoisotopic (exact) mass is 506 g/mol. The Morgan fingerprint density at radius 2 is 1.67 bits per heavy atom.